The number of anilines is 1. The molecule has 152 valence electrons. The zero-order valence-electron chi connectivity index (χ0n) is 15.9. The van der Waals surface area contributed by atoms with Crippen molar-refractivity contribution in [2.75, 3.05) is 4.72 Å². The number of phenols is 1. The third-order valence-corrected chi connectivity index (χ3v) is 6.71. The third-order valence-electron chi connectivity index (χ3n) is 4.97. The van der Waals surface area contributed by atoms with E-state index in [0.29, 0.717) is 22.1 Å². The molecule has 0 aliphatic carbocycles. The van der Waals surface area contributed by atoms with Crippen molar-refractivity contribution in [1.29, 1.82) is 0 Å². The number of rotatable bonds is 4. The summed E-state index contributed by atoms with van der Waals surface area (Å²) in [5.74, 6) is 1.25. The lowest BCUT2D eigenvalue weighted by molar-refractivity contribution is 0.459. The molecule has 0 fully saturated rings. The van der Waals surface area contributed by atoms with Crippen molar-refractivity contribution in [3.8, 4) is 17.1 Å². The molecule has 9 heteroatoms. The van der Waals surface area contributed by atoms with Crippen molar-refractivity contribution in [2.24, 2.45) is 0 Å². The zero-order valence-corrected chi connectivity index (χ0v) is 17.5. The summed E-state index contributed by atoms with van der Waals surface area (Å²) in [6, 6.07) is 9.29. The van der Waals surface area contributed by atoms with Crippen molar-refractivity contribution >= 4 is 27.3 Å². The van der Waals surface area contributed by atoms with Crippen LogP contribution in [0.15, 0.2) is 41.3 Å². The monoisotopic (exact) mass is 432 g/mol. The van der Waals surface area contributed by atoms with E-state index in [-0.39, 0.29) is 10.6 Å². The number of halogens is 1. The topological polar surface area (TPSA) is 97.1 Å². The summed E-state index contributed by atoms with van der Waals surface area (Å²) < 4.78 is 30.2. The predicted molar refractivity (Wildman–Crippen MR) is 112 cm³/mol. The fourth-order valence-electron chi connectivity index (χ4n) is 3.49. The molecule has 1 aromatic heterocycles. The maximum atomic E-state index is 12.8. The van der Waals surface area contributed by atoms with Gasteiger partial charge in [0.15, 0.2) is 5.82 Å². The van der Waals surface area contributed by atoms with E-state index in [9.17, 15) is 13.5 Å². The number of nitrogens with zero attached hydrogens (tertiary/aromatic N) is 3. The van der Waals surface area contributed by atoms with Gasteiger partial charge in [-0.25, -0.2) is 8.42 Å². The molecule has 1 aliphatic rings. The van der Waals surface area contributed by atoms with Gasteiger partial charge in [0.05, 0.1) is 5.02 Å². The van der Waals surface area contributed by atoms with Gasteiger partial charge in [-0.3, -0.25) is 4.72 Å². The van der Waals surface area contributed by atoms with E-state index in [2.05, 4.69) is 19.5 Å². The van der Waals surface area contributed by atoms with Crippen LogP contribution < -0.4 is 4.72 Å². The Hall–Kier alpha value is -2.58. The predicted octanol–water partition coefficient (Wildman–Crippen LogP) is 4.14. The minimum Gasteiger partial charge on any atom is -0.507 e. The molecule has 2 N–H and O–H groups in total. The van der Waals surface area contributed by atoms with Crippen LogP contribution in [0.2, 0.25) is 5.02 Å². The number of nitrogens with one attached hydrogen (secondary N) is 1. The number of fused-ring (bicyclic) bond motifs is 1. The number of hydrogen-bond donors (Lipinski definition) is 2. The Kier molecular flexibility index (Phi) is 5.23. The summed E-state index contributed by atoms with van der Waals surface area (Å²) in [6.07, 6.45) is 4.11. The summed E-state index contributed by atoms with van der Waals surface area (Å²) in [5, 5.41) is 19.1. The molecule has 0 radical (unpaired) electrons. The maximum Gasteiger partial charge on any atom is 0.265 e. The molecule has 0 spiro atoms. The largest absolute Gasteiger partial charge is 0.507 e. The highest BCUT2D eigenvalue weighted by Gasteiger charge is 2.22. The molecule has 4 rings (SSSR count). The molecule has 0 amide bonds. The van der Waals surface area contributed by atoms with Gasteiger partial charge in [-0.1, -0.05) is 24.1 Å². The minimum atomic E-state index is -3.97. The van der Waals surface area contributed by atoms with Crippen LogP contribution in [0.4, 0.5) is 5.69 Å². The molecule has 0 bridgehead atoms. The number of phenolic OH excluding ortho intramolecular Hbond substituents is 1. The Labute approximate surface area is 174 Å². The van der Waals surface area contributed by atoms with Gasteiger partial charge in [0, 0.05) is 24.2 Å². The lowest BCUT2D eigenvalue weighted by atomic mass is 10.2. The standard InChI is InChI=1S/C20H21ClN4O3S/c1-13-6-9-17(26)18(11-13)29(27,28)24-14-7-8-16(21)15(12-14)20-23-22-19-5-3-2-4-10-25(19)20/h6-9,11-12,24,26H,2-5,10H2,1H3. The van der Waals surface area contributed by atoms with Crippen LogP contribution >= 0.6 is 11.6 Å². The van der Waals surface area contributed by atoms with Crippen LogP contribution in [0.1, 0.15) is 30.7 Å². The van der Waals surface area contributed by atoms with E-state index in [4.69, 9.17) is 11.6 Å². The van der Waals surface area contributed by atoms with Crippen molar-refractivity contribution in [3.63, 3.8) is 0 Å². The molecule has 7 nitrogen and oxygen atoms in total. The summed E-state index contributed by atoms with van der Waals surface area (Å²) in [5.41, 5.74) is 1.67. The lowest BCUT2D eigenvalue weighted by Gasteiger charge is -2.13. The summed E-state index contributed by atoms with van der Waals surface area (Å²) in [4.78, 5) is -0.176. The molecule has 0 saturated carbocycles. The van der Waals surface area contributed by atoms with Gasteiger partial charge in [-0.2, -0.15) is 0 Å². The third kappa shape index (κ3) is 3.95. The average Bonchev–Trinajstić information content (AvgIpc) is 2.92. The summed E-state index contributed by atoms with van der Waals surface area (Å²) in [6.45, 7) is 2.57. The lowest BCUT2D eigenvalue weighted by Crippen LogP contribution is -2.13. The molecule has 3 aromatic rings. The van der Waals surface area contributed by atoms with Crippen LogP contribution in [0.5, 0.6) is 5.75 Å². The molecule has 0 saturated heterocycles. The Bertz CT molecular complexity index is 1170. The summed E-state index contributed by atoms with van der Waals surface area (Å²) in [7, 11) is -3.97. The summed E-state index contributed by atoms with van der Waals surface area (Å²) >= 11 is 6.41. The number of benzene rings is 2. The quantitative estimate of drug-likeness (QED) is 0.645. The van der Waals surface area contributed by atoms with Crippen LogP contribution in [-0.4, -0.2) is 28.3 Å². The molecule has 29 heavy (non-hydrogen) atoms. The van der Waals surface area contributed by atoms with Crippen molar-refractivity contribution in [3.05, 3.63) is 52.8 Å². The smallest absolute Gasteiger partial charge is 0.265 e. The van der Waals surface area contributed by atoms with E-state index in [1.54, 1.807) is 31.2 Å². The van der Waals surface area contributed by atoms with Gasteiger partial charge in [0.25, 0.3) is 10.0 Å². The Morgan fingerprint density at radius 3 is 2.76 bits per heavy atom. The number of aryl methyl sites for hydroxylation is 2. The molecular weight excluding hydrogens is 412 g/mol. The van der Waals surface area contributed by atoms with Gasteiger partial charge in [-0.05, 0) is 55.7 Å². The number of hydrogen-bond acceptors (Lipinski definition) is 5. The van der Waals surface area contributed by atoms with Crippen molar-refractivity contribution < 1.29 is 13.5 Å². The van der Waals surface area contributed by atoms with Gasteiger partial charge in [0.2, 0.25) is 0 Å². The van der Waals surface area contributed by atoms with Gasteiger partial charge in [0.1, 0.15) is 16.5 Å². The number of aromatic hydroxyl groups is 1. The van der Waals surface area contributed by atoms with E-state index in [1.807, 2.05) is 0 Å². The van der Waals surface area contributed by atoms with Gasteiger partial charge in [-0.15, -0.1) is 10.2 Å². The van der Waals surface area contributed by atoms with Crippen LogP contribution in [0.3, 0.4) is 0 Å². The number of aromatic nitrogens is 3. The first-order valence-electron chi connectivity index (χ1n) is 9.39. The fraction of sp³-hybridized carbons (Fsp3) is 0.300. The second-order valence-corrected chi connectivity index (χ2v) is 9.23. The Morgan fingerprint density at radius 1 is 1.10 bits per heavy atom. The molecule has 2 aromatic carbocycles. The first kappa shape index (κ1) is 19.7. The van der Waals surface area contributed by atoms with Crippen LogP contribution in [0.25, 0.3) is 11.4 Å². The average molecular weight is 433 g/mol. The SMILES string of the molecule is Cc1ccc(O)c(S(=O)(=O)Nc2ccc(Cl)c(-c3nnc4n3CCCCC4)c2)c1. The van der Waals surface area contributed by atoms with Crippen LogP contribution in [-0.2, 0) is 23.0 Å². The Morgan fingerprint density at radius 2 is 1.93 bits per heavy atom. The highest BCUT2D eigenvalue weighted by atomic mass is 35.5. The molecular formula is C20H21ClN4O3S. The van der Waals surface area contributed by atoms with E-state index in [1.165, 1.54) is 12.1 Å². The first-order chi connectivity index (χ1) is 13.8. The molecule has 0 atom stereocenters. The number of sulfonamides is 1. The normalized spacial score (nSPS) is 14.3. The fourth-order valence-corrected chi connectivity index (χ4v) is 4.92. The Balaban J connectivity index is 1.71. The second-order valence-electron chi connectivity index (χ2n) is 7.17. The first-order valence-corrected chi connectivity index (χ1v) is 11.3. The van der Waals surface area contributed by atoms with Gasteiger partial charge >= 0.3 is 0 Å². The van der Waals surface area contributed by atoms with E-state index < -0.39 is 10.0 Å². The highest BCUT2D eigenvalue weighted by Crippen LogP contribution is 2.33. The molecule has 1 aliphatic heterocycles. The second kappa shape index (κ2) is 7.68. The maximum absolute atomic E-state index is 12.8. The zero-order chi connectivity index (χ0) is 20.6. The van der Waals surface area contributed by atoms with E-state index >= 15 is 0 Å². The van der Waals surface area contributed by atoms with Gasteiger partial charge < -0.3 is 9.67 Å². The molecule has 2 heterocycles. The highest BCUT2D eigenvalue weighted by molar-refractivity contribution is 7.92. The van der Waals surface area contributed by atoms with Crippen LogP contribution in [0, 0.1) is 6.92 Å². The van der Waals surface area contributed by atoms with Crippen molar-refractivity contribution in [1.82, 2.24) is 14.8 Å². The minimum absolute atomic E-state index is 0.176. The molecule has 0 unspecified atom stereocenters. The van der Waals surface area contributed by atoms with E-state index in [0.717, 1.165) is 43.6 Å². The van der Waals surface area contributed by atoms with Crippen molar-refractivity contribution in [2.45, 2.75) is 44.0 Å².